The van der Waals surface area contributed by atoms with Crippen LogP contribution >= 0.6 is 11.3 Å². The molecule has 4 nitrogen and oxygen atoms in total. The maximum atomic E-state index is 12.9. The minimum absolute atomic E-state index is 0.0146. The average Bonchev–Trinajstić information content (AvgIpc) is 3.05. The van der Waals surface area contributed by atoms with Crippen molar-refractivity contribution < 1.29 is 4.74 Å². The monoisotopic (exact) mass is 350 g/mol. The van der Waals surface area contributed by atoms with Crippen molar-refractivity contribution in [2.75, 3.05) is 7.11 Å². The lowest BCUT2D eigenvalue weighted by Gasteiger charge is -2.04. The van der Waals surface area contributed by atoms with E-state index in [4.69, 9.17) is 4.74 Å². The molecule has 0 aliphatic rings. The third-order valence-corrected chi connectivity index (χ3v) is 5.54. The molecule has 0 atom stereocenters. The SMILES string of the molecule is COc1ccc(/C=c2\sc3nc4cc(C)c(C)cc4n3c2=O)cc1C. The van der Waals surface area contributed by atoms with Crippen LogP contribution < -0.4 is 14.8 Å². The van der Waals surface area contributed by atoms with Gasteiger partial charge in [0.1, 0.15) is 5.75 Å². The minimum Gasteiger partial charge on any atom is -0.496 e. The van der Waals surface area contributed by atoms with E-state index in [1.54, 1.807) is 11.5 Å². The summed E-state index contributed by atoms with van der Waals surface area (Å²) in [5.41, 5.74) is 6.11. The van der Waals surface area contributed by atoms with E-state index in [0.29, 0.717) is 4.53 Å². The summed E-state index contributed by atoms with van der Waals surface area (Å²) in [6, 6.07) is 9.98. The molecule has 0 unspecified atom stereocenters. The van der Waals surface area contributed by atoms with Crippen LogP contribution in [0.15, 0.2) is 35.1 Å². The molecule has 0 amide bonds. The molecule has 4 aromatic rings. The standard InChI is InChI=1S/C20H18N2O2S/c1-11-8-15-16(9-12(11)2)22-19(23)18(25-20(22)21-15)10-14-5-6-17(24-4)13(3)7-14/h5-10H,1-4H3/b18-10-. The Bertz CT molecular complexity index is 1230. The maximum absolute atomic E-state index is 12.9. The lowest BCUT2D eigenvalue weighted by molar-refractivity contribution is 0.411. The van der Waals surface area contributed by atoms with E-state index in [-0.39, 0.29) is 5.56 Å². The zero-order chi connectivity index (χ0) is 17.7. The molecule has 2 heterocycles. The summed E-state index contributed by atoms with van der Waals surface area (Å²) in [4.78, 5) is 18.3. The Labute approximate surface area is 149 Å². The zero-order valence-electron chi connectivity index (χ0n) is 14.6. The maximum Gasteiger partial charge on any atom is 0.274 e. The first kappa shape index (κ1) is 15.8. The van der Waals surface area contributed by atoms with E-state index >= 15 is 0 Å². The van der Waals surface area contributed by atoms with Crippen LogP contribution in [0.25, 0.3) is 22.1 Å². The lowest BCUT2D eigenvalue weighted by atomic mass is 10.1. The molecule has 0 saturated heterocycles. The number of thiazole rings is 1. The predicted octanol–water partition coefficient (Wildman–Crippen LogP) is 3.39. The van der Waals surface area contributed by atoms with Crippen LogP contribution in [0.5, 0.6) is 5.75 Å². The molecule has 0 bridgehead atoms. The molecule has 2 aromatic carbocycles. The van der Waals surface area contributed by atoms with Crippen LogP contribution in [0, 0.1) is 20.8 Å². The number of benzene rings is 2. The normalized spacial score (nSPS) is 12.4. The fourth-order valence-corrected chi connectivity index (χ4v) is 4.05. The van der Waals surface area contributed by atoms with E-state index in [9.17, 15) is 4.79 Å². The summed E-state index contributed by atoms with van der Waals surface area (Å²) in [6.07, 6.45) is 1.92. The van der Waals surface area contributed by atoms with Crippen molar-refractivity contribution in [2.45, 2.75) is 20.8 Å². The predicted molar refractivity (Wildman–Crippen MR) is 103 cm³/mol. The van der Waals surface area contributed by atoms with E-state index < -0.39 is 0 Å². The van der Waals surface area contributed by atoms with Crippen LogP contribution in [-0.4, -0.2) is 16.5 Å². The van der Waals surface area contributed by atoms with E-state index in [1.807, 2.05) is 43.3 Å². The number of methoxy groups -OCH3 is 1. The van der Waals surface area contributed by atoms with Gasteiger partial charge >= 0.3 is 0 Å². The van der Waals surface area contributed by atoms with Gasteiger partial charge in [-0.2, -0.15) is 0 Å². The van der Waals surface area contributed by atoms with Gasteiger partial charge in [-0.1, -0.05) is 17.4 Å². The van der Waals surface area contributed by atoms with E-state index in [0.717, 1.165) is 38.4 Å². The Kier molecular flexibility index (Phi) is 3.62. The second-order valence-electron chi connectivity index (χ2n) is 6.30. The van der Waals surface area contributed by atoms with Gasteiger partial charge in [-0.15, -0.1) is 0 Å². The van der Waals surface area contributed by atoms with Crippen LogP contribution in [0.2, 0.25) is 0 Å². The van der Waals surface area contributed by atoms with Gasteiger partial charge in [0.25, 0.3) is 5.56 Å². The van der Waals surface area contributed by atoms with Crippen molar-refractivity contribution in [2.24, 2.45) is 0 Å². The molecular formula is C20H18N2O2S. The summed E-state index contributed by atoms with van der Waals surface area (Å²) in [6.45, 7) is 6.11. The fourth-order valence-electron chi connectivity index (χ4n) is 3.06. The smallest absolute Gasteiger partial charge is 0.274 e. The number of ether oxygens (including phenoxy) is 1. The number of rotatable bonds is 2. The summed E-state index contributed by atoms with van der Waals surface area (Å²) in [5.74, 6) is 0.845. The summed E-state index contributed by atoms with van der Waals surface area (Å²) < 4.78 is 7.70. The highest BCUT2D eigenvalue weighted by Crippen LogP contribution is 2.21. The van der Waals surface area contributed by atoms with Gasteiger partial charge in [0, 0.05) is 0 Å². The summed E-state index contributed by atoms with van der Waals surface area (Å²) >= 11 is 1.42. The van der Waals surface area contributed by atoms with Gasteiger partial charge in [0.05, 0.1) is 22.7 Å². The molecule has 2 aromatic heterocycles. The summed E-state index contributed by atoms with van der Waals surface area (Å²) in [7, 11) is 1.66. The lowest BCUT2D eigenvalue weighted by Crippen LogP contribution is -2.22. The highest BCUT2D eigenvalue weighted by Gasteiger charge is 2.12. The Balaban J connectivity index is 1.94. The highest BCUT2D eigenvalue weighted by atomic mass is 32.1. The van der Waals surface area contributed by atoms with Crippen molar-refractivity contribution in [3.05, 3.63) is 67.5 Å². The van der Waals surface area contributed by atoms with Crippen LogP contribution in [-0.2, 0) is 0 Å². The molecule has 0 fully saturated rings. The summed E-state index contributed by atoms with van der Waals surface area (Å²) in [5, 5.41) is 0. The number of imidazole rings is 1. The van der Waals surface area contributed by atoms with Gasteiger partial charge in [0.15, 0.2) is 4.96 Å². The van der Waals surface area contributed by atoms with Crippen molar-refractivity contribution in [3.63, 3.8) is 0 Å². The van der Waals surface area contributed by atoms with Gasteiger partial charge in [-0.05, 0) is 73.4 Å². The number of hydrogen-bond acceptors (Lipinski definition) is 4. The second kappa shape index (κ2) is 5.70. The number of aryl methyl sites for hydroxylation is 3. The molecular weight excluding hydrogens is 332 g/mol. The van der Waals surface area contributed by atoms with E-state index in [1.165, 1.54) is 16.9 Å². The van der Waals surface area contributed by atoms with Gasteiger partial charge in [-0.25, -0.2) is 9.38 Å². The first-order chi connectivity index (χ1) is 12.0. The largest absolute Gasteiger partial charge is 0.496 e. The van der Waals surface area contributed by atoms with Gasteiger partial charge in [0.2, 0.25) is 0 Å². The van der Waals surface area contributed by atoms with Crippen molar-refractivity contribution in [1.82, 2.24) is 9.38 Å². The Morgan fingerprint density at radius 2 is 1.84 bits per heavy atom. The van der Waals surface area contributed by atoms with Crippen molar-refractivity contribution >= 4 is 33.4 Å². The minimum atomic E-state index is -0.0146. The third-order valence-electron chi connectivity index (χ3n) is 4.57. The highest BCUT2D eigenvalue weighted by molar-refractivity contribution is 7.15. The van der Waals surface area contributed by atoms with Crippen molar-refractivity contribution in [1.29, 1.82) is 0 Å². The molecule has 4 rings (SSSR count). The molecule has 0 aliphatic carbocycles. The Morgan fingerprint density at radius 1 is 1.08 bits per heavy atom. The zero-order valence-corrected chi connectivity index (χ0v) is 15.4. The van der Waals surface area contributed by atoms with Crippen LogP contribution in [0.3, 0.4) is 0 Å². The number of nitrogens with zero attached hydrogens (tertiary/aromatic N) is 2. The number of aromatic nitrogens is 2. The number of fused-ring (bicyclic) bond motifs is 3. The molecule has 126 valence electrons. The first-order valence-electron chi connectivity index (χ1n) is 8.06. The Morgan fingerprint density at radius 3 is 2.56 bits per heavy atom. The molecule has 25 heavy (non-hydrogen) atoms. The Hall–Kier alpha value is -2.66. The third kappa shape index (κ3) is 2.51. The van der Waals surface area contributed by atoms with Crippen LogP contribution in [0.4, 0.5) is 0 Å². The van der Waals surface area contributed by atoms with Crippen LogP contribution in [0.1, 0.15) is 22.3 Å². The van der Waals surface area contributed by atoms with E-state index in [2.05, 4.69) is 18.8 Å². The quantitative estimate of drug-likeness (QED) is 0.557. The first-order valence-corrected chi connectivity index (χ1v) is 8.88. The molecule has 0 saturated carbocycles. The molecule has 0 radical (unpaired) electrons. The fraction of sp³-hybridized carbons (Fsp3) is 0.200. The molecule has 0 aliphatic heterocycles. The molecule has 5 heteroatoms. The number of hydrogen-bond donors (Lipinski definition) is 0. The van der Waals surface area contributed by atoms with Gasteiger partial charge in [-0.3, -0.25) is 4.79 Å². The van der Waals surface area contributed by atoms with Crippen molar-refractivity contribution in [3.8, 4) is 5.75 Å². The van der Waals surface area contributed by atoms with Gasteiger partial charge < -0.3 is 4.74 Å². The molecule has 0 N–H and O–H groups in total. The average molecular weight is 350 g/mol. The second-order valence-corrected chi connectivity index (χ2v) is 7.31. The molecule has 0 spiro atoms. The topological polar surface area (TPSA) is 43.6 Å².